The van der Waals surface area contributed by atoms with Crippen LogP contribution in [-0.2, 0) is 4.74 Å². The third kappa shape index (κ3) is 2.92. The Morgan fingerprint density at radius 1 is 1.20 bits per heavy atom. The predicted molar refractivity (Wildman–Crippen MR) is 59.8 cm³/mol. The first-order chi connectivity index (χ1) is 7.15. The minimum absolute atomic E-state index is 0.0526. The van der Waals surface area contributed by atoms with Crippen LogP contribution in [0.3, 0.4) is 0 Å². The van der Waals surface area contributed by atoms with Crippen LogP contribution >= 0.6 is 0 Å². The highest BCUT2D eigenvalue weighted by molar-refractivity contribution is 4.89. The smallest absolute Gasteiger partial charge is 0.0612 e. The van der Waals surface area contributed by atoms with Crippen molar-refractivity contribution < 1.29 is 9.84 Å². The molecule has 2 aliphatic rings. The van der Waals surface area contributed by atoms with Crippen molar-refractivity contribution >= 4 is 0 Å². The van der Waals surface area contributed by atoms with Crippen molar-refractivity contribution in [3.8, 4) is 0 Å². The molecule has 0 spiro atoms. The zero-order chi connectivity index (χ0) is 10.8. The first kappa shape index (κ1) is 11.4. The van der Waals surface area contributed by atoms with E-state index in [1.165, 1.54) is 0 Å². The number of hydrogen-bond acceptors (Lipinski definition) is 3. The van der Waals surface area contributed by atoms with E-state index in [4.69, 9.17) is 4.74 Å². The van der Waals surface area contributed by atoms with E-state index in [1.807, 2.05) is 0 Å². The van der Waals surface area contributed by atoms with E-state index in [9.17, 15) is 5.11 Å². The topological polar surface area (TPSA) is 41.5 Å². The molecular weight excluding hydrogens is 190 g/mol. The second-order valence-electron chi connectivity index (χ2n) is 5.36. The SMILES string of the molecule is CC(C)C1CC(NC2CC(O)C2)CCO1. The van der Waals surface area contributed by atoms with Crippen LogP contribution in [0, 0.1) is 5.92 Å². The summed E-state index contributed by atoms with van der Waals surface area (Å²) in [6.07, 6.45) is 4.48. The Bertz CT molecular complexity index is 202. The molecule has 2 rings (SSSR count). The largest absolute Gasteiger partial charge is 0.393 e. The van der Waals surface area contributed by atoms with Crippen molar-refractivity contribution in [2.24, 2.45) is 5.92 Å². The molecule has 2 fully saturated rings. The van der Waals surface area contributed by atoms with Crippen molar-refractivity contribution in [2.45, 2.75) is 63.8 Å². The maximum Gasteiger partial charge on any atom is 0.0612 e. The number of rotatable bonds is 3. The summed E-state index contributed by atoms with van der Waals surface area (Å²) in [7, 11) is 0. The summed E-state index contributed by atoms with van der Waals surface area (Å²) in [6, 6.07) is 1.15. The van der Waals surface area contributed by atoms with E-state index in [1.54, 1.807) is 0 Å². The van der Waals surface area contributed by atoms with Crippen molar-refractivity contribution in [3.63, 3.8) is 0 Å². The normalized spacial score (nSPS) is 41.6. The summed E-state index contributed by atoms with van der Waals surface area (Å²) in [5, 5.41) is 12.9. The number of aliphatic hydroxyl groups excluding tert-OH is 1. The van der Waals surface area contributed by atoms with Gasteiger partial charge in [0.1, 0.15) is 0 Å². The highest BCUT2D eigenvalue weighted by Gasteiger charge is 2.31. The fourth-order valence-electron chi connectivity index (χ4n) is 2.50. The molecule has 1 saturated carbocycles. The summed E-state index contributed by atoms with van der Waals surface area (Å²) >= 11 is 0. The van der Waals surface area contributed by atoms with E-state index in [-0.39, 0.29) is 6.10 Å². The molecule has 2 atom stereocenters. The van der Waals surface area contributed by atoms with Crippen LogP contribution in [-0.4, -0.2) is 36.0 Å². The lowest BCUT2D eigenvalue weighted by Crippen LogP contribution is -2.51. The quantitative estimate of drug-likeness (QED) is 0.742. The average molecular weight is 213 g/mol. The maximum atomic E-state index is 9.22. The number of hydrogen-bond donors (Lipinski definition) is 2. The molecule has 3 nitrogen and oxygen atoms in total. The van der Waals surface area contributed by atoms with Gasteiger partial charge in [-0.1, -0.05) is 13.8 Å². The van der Waals surface area contributed by atoms with Gasteiger partial charge >= 0.3 is 0 Å². The second-order valence-corrected chi connectivity index (χ2v) is 5.36. The third-order valence-corrected chi connectivity index (χ3v) is 3.64. The lowest BCUT2D eigenvalue weighted by atomic mass is 9.87. The van der Waals surface area contributed by atoms with Gasteiger partial charge in [0.15, 0.2) is 0 Å². The van der Waals surface area contributed by atoms with Gasteiger partial charge in [0.2, 0.25) is 0 Å². The predicted octanol–water partition coefficient (Wildman–Crippen LogP) is 1.30. The van der Waals surface area contributed by atoms with Crippen LogP contribution in [0.15, 0.2) is 0 Å². The Morgan fingerprint density at radius 2 is 1.93 bits per heavy atom. The lowest BCUT2D eigenvalue weighted by Gasteiger charge is -2.39. The molecule has 2 unspecified atom stereocenters. The van der Waals surface area contributed by atoms with Gasteiger partial charge in [-0.25, -0.2) is 0 Å². The van der Waals surface area contributed by atoms with Crippen LogP contribution in [0.2, 0.25) is 0 Å². The average Bonchev–Trinajstić information content (AvgIpc) is 2.16. The third-order valence-electron chi connectivity index (χ3n) is 3.64. The monoisotopic (exact) mass is 213 g/mol. The standard InChI is InChI=1S/C12H23NO2/c1-8(2)12-7-9(3-4-15-12)13-10-5-11(14)6-10/h8-14H,3-7H2,1-2H3. The summed E-state index contributed by atoms with van der Waals surface area (Å²) in [5.41, 5.74) is 0. The zero-order valence-corrected chi connectivity index (χ0v) is 9.78. The van der Waals surface area contributed by atoms with Gasteiger partial charge in [0.05, 0.1) is 12.2 Å². The van der Waals surface area contributed by atoms with Gasteiger partial charge in [-0.15, -0.1) is 0 Å². The van der Waals surface area contributed by atoms with Crippen molar-refractivity contribution in [1.82, 2.24) is 5.32 Å². The van der Waals surface area contributed by atoms with Gasteiger partial charge in [-0.05, 0) is 31.6 Å². The molecule has 0 aromatic heterocycles. The van der Waals surface area contributed by atoms with E-state index in [2.05, 4.69) is 19.2 Å². The minimum atomic E-state index is -0.0526. The molecule has 0 radical (unpaired) electrons. The molecule has 1 saturated heterocycles. The summed E-state index contributed by atoms with van der Waals surface area (Å²) in [6.45, 7) is 5.33. The molecule has 3 heteroatoms. The molecule has 1 aliphatic heterocycles. The van der Waals surface area contributed by atoms with Gasteiger partial charge in [0.25, 0.3) is 0 Å². The molecule has 1 heterocycles. The van der Waals surface area contributed by atoms with Gasteiger partial charge < -0.3 is 15.2 Å². The van der Waals surface area contributed by atoms with Gasteiger partial charge in [-0.2, -0.15) is 0 Å². The lowest BCUT2D eigenvalue weighted by molar-refractivity contribution is -0.0321. The Balaban J connectivity index is 1.73. The summed E-state index contributed by atoms with van der Waals surface area (Å²) in [4.78, 5) is 0. The molecule has 2 N–H and O–H groups in total. The number of aliphatic hydroxyl groups is 1. The highest BCUT2D eigenvalue weighted by atomic mass is 16.5. The molecule has 1 aliphatic carbocycles. The van der Waals surface area contributed by atoms with Gasteiger partial charge in [0, 0.05) is 18.7 Å². The zero-order valence-electron chi connectivity index (χ0n) is 9.78. The van der Waals surface area contributed by atoms with Gasteiger partial charge in [-0.3, -0.25) is 0 Å². The Labute approximate surface area is 92.2 Å². The van der Waals surface area contributed by atoms with Crippen molar-refractivity contribution in [1.29, 1.82) is 0 Å². The van der Waals surface area contributed by atoms with Crippen molar-refractivity contribution in [3.05, 3.63) is 0 Å². The summed E-state index contributed by atoms with van der Waals surface area (Å²) < 4.78 is 5.73. The second kappa shape index (κ2) is 4.81. The minimum Gasteiger partial charge on any atom is -0.393 e. The Hall–Kier alpha value is -0.120. The number of ether oxygens (including phenoxy) is 1. The first-order valence-electron chi connectivity index (χ1n) is 6.21. The molecule has 0 aromatic carbocycles. The molecular formula is C12H23NO2. The molecule has 15 heavy (non-hydrogen) atoms. The molecule has 0 aromatic rings. The summed E-state index contributed by atoms with van der Waals surface area (Å²) in [5.74, 6) is 0.613. The van der Waals surface area contributed by atoms with E-state index < -0.39 is 0 Å². The van der Waals surface area contributed by atoms with Crippen LogP contribution in [0.25, 0.3) is 0 Å². The van der Waals surface area contributed by atoms with E-state index >= 15 is 0 Å². The van der Waals surface area contributed by atoms with Crippen LogP contribution < -0.4 is 5.32 Å². The van der Waals surface area contributed by atoms with Crippen LogP contribution in [0.4, 0.5) is 0 Å². The van der Waals surface area contributed by atoms with Crippen molar-refractivity contribution in [2.75, 3.05) is 6.61 Å². The maximum absolute atomic E-state index is 9.22. The Morgan fingerprint density at radius 3 is 2.53 bits per heavy atom. The first-order valence-corrected chi connectivity index (χ1v) is 6.21. The highest BCUT2D eigenvalue weighted by Crippen LogP contribution is 2.24. The molecule has 0 amide bonds. The van der Waals surface area contributed by atoms with Crippen LogP contribution in [0.1, 0.15) is 39.5 Å². The molecule has 0 bridgehead atoms. The fourth-order valence-corrected chi connectivity index (χ4v) is 2.50. The molecule has 88 valence electrons. The number of nitrogens with one attached hydrogen (secondary N) is 1. The fraction of sp³-hybridized carbons (Fsp3) is 1.00. The van der Waals surface area contributed by atoms with E-state index in [0.717, 1.165) is 32.3 Å². The van der Waals surface area contributed by atoms with Crippen LogP contribution in [0.5, 0.6) is 0 Å². The van der Waals surface area contributed by atoms with E-state index in [0.29, 0.717) is 24.1 Å². The Kier molecular flexibility index (Phi) is 3.65.